The predicted molar refractivity (Wildman–Crippen MR) is 75.0 cm³/mol. The summed E-state index contributed by atoms with van der Waals surface area (Å²) in [7, 11) is 2.09. The van der Waals surface area contributed by atoms with E-state index in [4.69, 9.17) is 11.6 Å². The first-order valence-electron chi connectivity index (χ1n) is 6.62. The molecule has 4 heteroatoms. The molecule has 1 aliphatic rings. The highest BCUT2D eigenvalue weighted by atomic mass is 35.5. The Morgan fingerprint density at radius 3 is 2.78 bits per heavy atom. The van der Waals surface area contributed by atoms with E-state index in [9.17, 15) is 5.11 Å². The Kier molecular flexibility index (Phi) is 4.46. The largest absolute Gasteiger partial charge is 0.390 e. The predicted octanol–water partition coefficient (Wildman–Crippen LogP) is 3.24. The highest BCUT2D eigenvalue weighted by Crippen LogP contribution is 2.30. The van der Waals surface area contributed by atoms with Crippen molar-refractivity contribution in [1.29, 1.82) is 0 Å². The van der Waals surface area contributed by atoms with Crippen molar-refractivity contribution in [3.05, 3.63) is 22.8 Å². The summed E-state index contributed by atoms with van der Waals surface area (Å²) in [6.45, 7) is 2.20. The van der Waals surface area contributed by atoms with Crippen molar-refractivity contribution >= 4 is 17.4 Å². The van der Waals surface area contributed by atoms with Crippen molar-refractivity contribution in [2.45, 2.75) is 45.3 Å². The molecular weight excluding hydrogens is 248 g/mol. The lowest BCUT2D eigenvalue weighted by molar-refractivity contribution is 0.276. The smallest absolute Gasteiger partial charge is 0.129 e. The summed E-state index contributed by atoms with van der Waals surface area (Å²) in [5.74, 6) is 1.60. The topological polar surface area (TPSA) is 36.4 Å². The normalized spacial score (nSPS) is 24.0. The van der Waals surface area contributed by atoms with Crippen LogP contribution in [0.15, 0.2) is 12.1 Å². The van der Waals surface area contributed by atoms with Crippen LogP contribution >= 0.6 is 11.6 Å². The molecule has 0 aromatic carbocycles. The molecule has 0 spiro atoms. The van der Waals surface area contributed by atoms with Gasteiger partial charge >= 0.3 is 0 Å². The first-order chi connectivity index (χ1) is 8.63. The molecule has 18 heavy (non-hydrogen) atoms. The molecule has 1 saturated carbocycles. The summed E-state index contributed by atoms with van der Waals surface area (Å²) in [6, 6.07) is 4.29. The molecule has 1 N–H and O–H groups in total. The zero-order chi connectivity index (χ0) is 13.1. The van der Waals surface area contributed by atoms with E-state index in [1.54, 1.807) is 0 Å². The molecule has 0 aliphatic heterocycles. The second kappa shape index (κ2) is 5.89. The number of pyridine rings is 1. The standard InChI is InChI=1S/C14H21ClN2O/c1-10-5-3-4-6-13(10)17(2)14-8-7-11(15)12(9-18)16-14/h7-8,10,13,18H,3-6,9H2,1-2H3. The Balaban J connectivity index is 2.19. The second-order valence-electron chi connectivity index (χ2n) is 5.20. The number of hydrogen-bond donors (Lipinski definition) is 1. The molecule has 100 valence electrons. The maximum atomic E-state index is 9.22. The van der Waals surface area contributed by atoms with Gasteiger partial charge < -0.3 is 10.0 Å². The molecule has 0 bridgehead atoms. The van der Waals surface area contributed by atoms with E-state index in [1.165, 1.54) is 25.7 Å². The average molecular weight is 269 g/mol. The third kappa shape index (κ3) is 2.78. The maximum absolute atomic E-state index is 9.22. The lowest BCUT2D eigenvalue weighted by Gasteiger charge is -2.37. The van der Waals surface area contributed by atoms with Crippen LogP contribution in [-0.4, -0.2) is 23.2 Å². The fraction of sp³-hybridized carbons (Fsp3) is 0.643. The quantitative estimate of drug-likeness (QED) is 0.914. The van der Waals surface area contributed by atoms with Gasteiger partial charge in [0.25, 0.3) is 0 Å². The SMILES string of the molecule is CC1CCCCC1N(C)c1ccc(Cl)c(CO)n1. The van der Waals surface area contributed by atoms with Crippen LogP contribution in [0.1, 0.15) is 38.3 Å². The van der Waals surface area contributed by atoms with Crippen molar-refractivity contribution in [2.24, 2.45) is 5.92 Å². The Morgan fingerprint density at radius 2 is 2.11 bits per heavy atom. The number of aliphatic hydroxyl groups excluding tert-OH is 1. The lowest BCUT2D eigenvalue weighted by atomic mass is 9.85. The molecular formula is C14H21ClN2O. The summed E-state index contributed by atoms with van der Waals surface area (Å²) in [5, 5.41) is 9.76. The Hall–Kier alpha value is -0.800. The zero-order valence-electron chi connectivity index (χ0n) is 11.1. The highest BCUT2D eigenvalue weighted by Gasteiger charge is 2.25. The second-order valence-corrected chi connectivity index (χ2v) is 5.60. The van der Waals surface area contributed by atoms with E-state index < -0.39 is 0 Å². The Bertz CT molecular complexity index is 411. The van der Waals surface area contributed by atoms with E-state index in [0.29, 0.717) is 22.7 Å². The fourth-order valence-electron chi connectivity index (χ4n) is 2.82. The molecule has 2 atom stereocenters. The number of halogens is 1. The van der Waals surface area contributed by atoms with Crippen LogP contribution in [-0.2, 0) is 6.61 Å². The summed E-state index contributed by atoms with van der Waals surface area (Å²) in [6.07, 6.45) is 5.13. The number of anilines is 1. The van der Waals surface area contributed by atoms with Crippen molar-refractivity contribution < 1.29 is 5.11 Å². The fourth-order valence-corrected chi connectivity index (χ4v) is 2.99. The summed E-state index contributed by atoms with van der Waals surface area (Å²) >= 11 is 5.97. The third-order valence-electron chi connectivity index (χ3n) is 3.98. The van der Waals surface area contributed by atoms with Gasteiger partial charge in [0.05, 0.1) is 17.3 Å². The Morgan fingerprint density at radius 1 is 1.39 bits per heavy atom. The third-order valence-corrected chi connectivity index (χ3v) is 4.32. The molecule has 1 aliphatic carbocycles. The van der Waals surface area contributed by atoms with Crippen LogP contribution in [0.4, 0.5) is 5.82 Å². The van der Waals surface area contributed by atoms with Crippen LogP contribution in [0, 0.1) is 5.92 Å². The van der Waals surface area contributed by atoms with Crippen molar-refractivity contribution in [1.82, 2.24) is 4.98 Å². The van der Waals surface area contributed by atoms with E-state index in [0.717, 1.165) is 5.82 Å². The monoisotopic (exact) mass is 268 g/mol. The van der Waals surface area contributed by atoms with Gasteiger partial charge in [-0.2, -0.15) is 0 Å². The minimum Gasteiger partial charge on any atom is -0.390 e. The van der Waals surface area contributed by atoms with E-state index in [-0.39, 0.29) is 6.61 Å². The molecule has 3 nitrogen and oxygen atoms in total. The van der Waals surface area contributed by atoms with Gasteiger partial charge in [-0.1, -0.05) is 31.4 Å². The number of nitrogens with zero attached hydrogens (tertiary/aromatic N) is 2. The van der Waals surface area contributed by atoms with Crippen LogP contribution in [0.25, 0.3) is 0 Å². The van der Waals surface area contributed by atoms with E-state index in [2.05, 4.69) is 23.9 Å². The summed E-state index contributed by atoms with van der Waals surface area (Å²) in [4.78, 5) is 6.68. The molecule has 2 rings (SSSR count). The van der Waals surface area contributed by atoms with Gasteiger partial charge in [0.15, 0.2) is 0 Å². The number of hydrogen-bond acceptors (Lipinski definition) is 3. The first kappa shape index (κ1) is 13.6. The van der Waals surface area contributed by atoms with Gasteiger partial charge in [0.2, 0.25) is 0 Å². The Labute approximate surface area is 114 Å². The average Bonchev–Trinajstić information content (AvgIpc) is 2.39. The van der Waals surface area contributed by atoms with E-state index >= 15 is 0 Å². The van der Waals surface area contributed by atoms with Crippen LogP contribution in [0.2, 0.25) is 5.02 Å². The lowest BCUT2D eigenvalue weighted by Crippen LogP contribution is -2.39. The minimum absolute atomic E-state index is 0.110. The van der Waals surface area contributed by atoms with Gasteiger partial charge in [-0.3, -0.25) is 0 Å². The number of rotatable bonds is 3. The van der Waals surface area contributed by atoms with Crippen LogP contribution < -0.4 is 4.90 Å². The molecule has 1 aromatic rings. The van der Waals surface area contributed by atoms with Gasteiger partial charge in [0.1, 0.15) is 5.82 Å². The molecule has 0 amide bonds. The number of aromatic nitrogens is 1. The maximum Gasteiger partial charge on any atom is 0.129 e. The molecule has 1 fully saturated rings. The first-order valence-corrected chi connectivity index (χ1v) is 7.00. The van der Waals surface area contributed by atoms with Crippen molar-refractivity contribution in [3.63, 3.8) is 0 Å². The summed E-state index contributed by atoms with van der Waals surface area (Å²) < 4.78 is 0. The van der Waals surface area contributed by atoms with Crippen molar-refractivity contribution in [2.75, 3.05) is 11.9 Å². The number of aliphatic hydroxyl groups is 1. The molecule has 1 aromatic heterocycles. The van der Waals surface area contributed by atoms with Gasteiger partial charge in [-0.25, -0.2) is 4.98 Å². The van der Waals surface area contributed by atoms with Crippen LogP contribution in [0.5, 0.6) is 0 Å². The van der Waals surface area contributed by atoms with Gasteiger partial charge in [0, 0.05) is 13.1 Å². The molecule has 1 heterocycles. The molecule has 0 saturated heterocycles. The van der Waals surface area contributed by atoms with Crippen molar-refractivity contribution in [3.8, 4) is 0 Å². The van der Waals surface area contributed by atoms with E-state index in [1.807, 2.05) is 12.1 Å². The zero-order valence-corrected chi connectivity index (χ0v) is 11.8. The highest BCUT2D eigenvalue weighted by molar-refractivity contribution is 6.31. The van der Waals surface area contributed by atoms with Crippen LogP contribution in [0.3, 0.4) is 0 Å². The minimum atomic E-state index is -0.110. The molecule has 0 radical (unpaired) electrons. The van der Waals surface area contributed by atoms with Gasteiger partial charge in [-0.15, -0.1) is 0 Å². The van der Waals surface area contributed by atoms with Gasteiger partial charge in [-0.05, 0) is 30.9 Å². The summed E-state index contributed by atoms with van der Waals surface area (Å²) in [5.41, 5.74) is 0.560. The molecule has 2 unspecified atom stereocenters.